The van der Waals surface area contributed by atoms with Crippen molar-refractivity contribution in [3.05, 3.63) is 42.6 Å². The van der Waals surface area contributed by atoms with Crippen molar-refractivity contribution in [1.29, 1.82) is 0 Å². The molecule has 1 aliphatic heterocycles. The molecule has 4 rings (SSSR count). The van der Waals surface area contributed by atoms with Gasteiger partial charge in [0.05, 0.1) is 25.1 Å². The number of ether oxygens (including phenoxy) is 1. The molecule has 3 heterocycles. The molecular formula is C20H22N6O2. The number of nitrogens with one attached hydrogen (secondary N) is 2. The molecule has 0 unspecified atom stereocenters. The van der Waals surface area contributed by atoms with Crippen molar-refractivity contribution < 1.29 is 9.53 Å². The number of rotatable bonds is 4. The Labute approximate surface area is 163 Å². The molecule has 0 aliphatic carbocycles. The van der Waals surface area contributed by atoms with Crippen molar-refractivity contribution in [3.63, 3.8) is 0 Å². The van der Waals surface area contributed by atoms with E-state index < -0.39 is 0 Å². The summed E-state index contributed by atoms with van der Waals surface area (Å²) >= 11 is 0. The van der Waals surface area contributed by atoms with Gasteiger partial charge in [-0.1, -0.05) is 12.1 Å². The van der Waals surface area contributed by atoms with Crippen molar-refractivity contribution in [1.82, 2.24) is 20.3 Å². The molecule has 2 N–H and O–H groups in total. The minimum Gasteiger partial charge on any atom is -0.378 e. The Hall–Kier alpha value is -3.26. The lowest BCUT2D eigenvalue weighted by atomic mass is 10.1. The molecule has 8 nitrogen and oxygen atoms in total. The molecule has 28 heavy (non-hydrogen) atoms. The molecule has 1 aromatic carbocycles. The zero-order valence-corrected chi connectivity index (χ0v) is 15.7. The van der Waals surface area contributed by atoms with Crippen LogP contribution in [0.1, 0.15) is 6.92 Å². The first-order valence-electron chi connectivity index (χ1n) is 9.35. The van der Waals surface area contributed by atoms with E-state index in [0.717, 1.165) is 43.2 Å². The Morgan fingerprint density at radius 3 is 2.86 bits per heavy atom. The number of nitrogens with zero attached hydrogens (tertiary/aromatic N) is 4. The largest absolute Gasteiger partial charge is 0.378 e. The topological polar surface area (TPSA) is 92.3 Å². The monoisotopic (exact) mass is 378 g/mol. The van der Waals surface area contributed by atoms with Gasteiger partial charge in [0.2, 0.25) is 0 Å². The number of carbonyl (C=O) groups excluding carboxylic acids is 1. The maximum atomic E-state index is 11.7. The first kappa shape index (κ1) is 18.1. The maximum absolute atomic E-state index is 11.7. The molecule has 0 bridgehead atoms. The highest BCUT2D eigenvalue weighted by atomic mass is 16.5. The summed E-state index contributed by atoms with van der Waals surface area (Å²) in [5.74, 6) is 0.437. The molecule has 0 saturated carbocycles. The average Bonchev–Trinajstić information content (AvgIpc) is 2.74. The van der Waals surface area contributed by atoms with E-state index in [-0.39, 0.29) is 6.03 Å². The van der Waals surface area contributed by atoms with Crippen LogP contribution < -0.4 is 15.5 Å². The van der Waals surface area contributed by atoms with E-state index >= 15 is 0 Å². The van der Waals surface area contributed by atoms with Gasteiger partial charge < -0.3 is 15.0 Å². The number of benzene rings is 1. The molecule has 144 valence electrons. The van der Waals surface area contributed by atoms with Gasteiger partial charge in [-0.25, -0.2) is 14.8 Å². The fourth-order valence-corrected chi connectivity index (χ4v) is 3.11. The second-order valence-electron chi connectivity index (χ2n) is 6.43. The Morgan fingerprint density at radius 1 is 1.18 bits per heavy atom. The van der Waals surface area contributed by atoms with Crippen LogP contribution in [-0.4, -0.2) is 53.8 Å². The highest BCUT2D eigenvalue weighted by Gasteiger charge is 2.13. The van der Waals surface area contributed by atoms with Gasteiger partial charge in [-0.3, -0.25) is 10.3 Å². The summed E-state index contributed by atoms with van der Waals surface area (Å²) < 4.78 is 5.43. The summed E-state index contributed by atoms with van der Waals surface area (Å²) in [6.07, 6.45) is 1.75. The van der Waals surface area contributed by atoms with E-state index in [9.17, 15) is 4.79 Å². The van der Waals surface area contributed by atoms with Crippen molar-refractivity contribution in [2.24, 2.45) is 0 Å². The molecule has 1 aliphatic rings. The van der Waals surface area contributed by atoms with Crippen LogP contribution in [0.5, 0.6) is 0 Å². The standard InChI is InChI=1S/C20H22N6O2/c1-2-21-20(27)25-18-7-6-16-19(24-18)23-17(13-22-16)14-4-3-5-15(12-14)26-8-10-28-11-9-26/h3-7,12-13H,2,8-11H2,1H3,(H2,21,23,24,25,27). The Bertz CT molecular complexity index is 987. The zero-order valence-electron chi connectivity index (χ0n) is 15.7. The van der Waals surface area contributed by atoms with E-state index in [1.165, 1.54) is 0 Å². The number of hydrogen-bond acceptors (Lipinski definition) is 6. The molecule has 1 fully saturated rings. The summed E-state index contributed by atoms with van der Waals surface area (Å²) in [4.78, 5) is 27.6. The van der Waals surface area contributed by atoms with Gasteiger partial charge in [0.25, 0.3) is 0 Å². The van der Waals surface area contributed by atoms with Crippen LogP contribution in [-0.2, 0) is 4.74 Å². The fourth-order valence-electron chi connectivity index (χ4n) is 3.11. The van der Waals surface area contributed by atoms with Crippen molar-refractivity contribution in [2.75, 3.05) is 43.1 Å². The Kier molecular flexibility index (Phi) is 5.29. The first-order chi connectivity index (χ1) is 13.7. The molecule has 8 heteroatoms. The van der Waals surface area contributed by atoms with Crippen LogP contribution >= 0.6 is 0 Å². The third kappa shape index (κ3) is 4.01. The number of morpholine rings is 1. The number of aromatic nitrogens is 3. The van der Waals surface area contributed by atoms with E-state index in [1.807, 2.05) is 19.1 Å². The van der Waals surface area contributed by atoms with Crippen molar-refractivity contribution >= 4 is 28.7 Å². The highest BCUT2D eigenvalue weighted by Crippen LogP contribution is 2.25. The van der Waals surface area contributed by atoms with Crippen LogP contribution in [0.15, 0.2) is 42.6 Å². The lowest BCUT2D eigenvalue weighted by molar-refractivity contribution is 0.122. The van der Waals surface area contributed by atoms with Gasteiger partial charge in [0.1, 0.15) is 11.3 Å². The van der Waals surface area contributed by atoms with Gasteiger partial charge in [-0.2, -0.15) is 0 Å². The van der Waals surface area contributed by atoms with E-state index in [0.29, 0.717) is 23.5 Å². The summed E-state index contributed by atoms with van der Waals surface area (Å²) in [6.45, 7) is 5.64. The predicted molar refractivity (Wildman–Crippen MR) is 108 cm³/mol. The molecule has 3 aromatic rings. The first-order valence-corrected chi connectivity index (χ1v) is 9.35. The fraction of sp³-hybridized carbons (Fsp3) is 0.300. The third-order valence-corrected chi connectivity index (χ3v) is 4.50. The smallest absolute Gasteiger partial charge is 0.320 e. The number of carbonyl (C=O) groups is 1. The summed E-state index contributed by atoms with van der Waals surface area (Å²) in [6, 6.07) is 11.4. The van der Waals surface area contributed by atoms with Crippen LogP contribution in [0.2, 0.25) is 0 Å². The van der Waals surface area contributed by atoms with Gasteiger partial charge in [-0.15, -0.1) is 0 Å². The maximum Gasteiger partial charge on any atom is 0.320 e. The van der Waals surface area contributed by atoms with E-state index in [2.05, 4.69) is 42.6 Å². The molecular weight excluding hydrogens is 356 g/mol. The number of fused-ring (bicyclic) bond motifs is 1. The zero-order chi connectivity index (χ0) is 19.3. The predicted octanol–water partition coefficient (Wildman–Crippen LogP) is 2.67. The number of urea groups is 1. The SMILES string of the molecule is CCNC(=O)Nc1ccc2ncc(-c3cccc(N4CCOCC4)c3)nc2n1. The van der Waals surface area contributed by atoms with Gasteiger partial charge in [0, 0.05) is 30.9 Å². The van der Waals surface area contributed by atoms with Crippen molar-refractivity contribution in [2.45, 2.75) is 6.92 Å². The van der Waals surface area contributed by atoms with Gasteiger partial charge >= 0.3 is 6.03 Å². The lowest BCUT2D eigenvalue weighted by Gasteiger charge is -2.29. The highest BCUT2D eigenvalue weighted by molar-refractivity contribution is 5.89. The molecule has 0 radical (unpaired) electrons. The Morgan fingerprint density at radius 2 is 2.04 bits per heavy atom. The molecule has 2 aromatic heterocycles. The van der Waals surface area contributed by atoms with Crippen molar-refractivity contribution in [3.8, 4) is 11.3 Å². The van der Waals surface area contributed by atoms with Gasteiger partial charge in [-0.05, 0) is 31.2 Å². The minimum absolute atomic E-state index is 0.295. The molecule has 0 atom stereocenters. The molecule has 0 spiro atoms. The van der Waals surface area contributed by atoms with Crippen LogP contribution in [0.4, 0.5) is 16.3 Å². The summed E-state index contributed by atoms with van der Waals surface area (Å²) in [5.41, 5.74) is 4.02. The second-order valence-corrected chi connectivity index (χ2v) is 6.43. The van der Waals surface area contributed by atoms with Crippen LogP contribution in [0.25, 0.3) is 22.4 Å². The van der Waals surface area contributed by atoms with Crippen LogP contribution in [0.3, 0.4) is 0 Å². The quantitative estimate of drug-likeness (QED) is 0.725. The minimum atomic E-state index is -0.295. The number of amides is 2. The third-order valence-electron chi connectivity index (χ3n) is 4.50. The number of anilines is 2. The van der Waals surface area contributed by atoms with Gasteiger partial charge in [0.15, 0.2) is 5.65 Å². The second kappa shape index (κ2) is 8.18. The molecule has 2 amide bonds. The number of hydrogen-bond donors (Lipinski definition) is 2. The molecule has 1 saturated heterocycles. The lowest BCUT2D eigenvalue weighted by Crippen LogP contribution is -2.36. The average molecular weight is 378 g/mol. The van der Waals surface area contributed by atoms with Crippen LogP contribution in [0, 0.1) is 0 Å². The van der Waals surface area contributed by atoms with E-state index in [1.54, 1.807) is 18.3 Å². The normalized spacial score (nSPS) is 14.1. The summed E-state index contributed by atoms with van der Waals surface area (Å²) in [5, 5.41) is 5.38. The van der Waals surface area contributed by atoms with E-state index in [4.69, 9.17) is 4.74 Å². The number of pyridine rings is 1. The Balaban J connectivity index is 1.62. The summed E-state index contributed by atoms with van der Waals surface area (Å²) in [7, 11) is 0.